The number of benzene rings is 1. The molecule has 1 aromatic carbocycles. The first-order valence-electron chi connectivity index (χ1n) is 8.70. The predicted molar refractivity (Wildman–Crippen MR) is 96.9 cm³/mol. The number of hydrogen-bond acceptors (Lipinski definition) is 3. The fourth-order valence-corrected chi connectivity index (χ4v) is 3.83. The van der Waals surface area contributed by atoms with Crippen LogP contribution in [0.4, 0.5) is 4.39 Å². The van der Waals surface area contributed by atoms with E-state index in [1.165, 1.54) is 18.2 Å². The second-order valence-corrected chi connectivity index (χ2v) is 7.84. The molecular formula is C19H26ClFN2O2. The summed E-state index contributed by atoms with van der Waals surface area (Å²) in [6.07, 6.45) is 4.58. The topological polar surface area (TPSA) is 72.2 Å². The Labute approximate surface area is 153 Å². The zero-order chi connectivity index (χ0) is 18.6. The van der Waals surface area contributed by atoms with Crippen LogP contribution in [-0.2, 0) is 15.0 Å². The lowest BCUT2D eigenvalue weighted by atomic mass is 9.79. The molecule has 0 aromatic heterocycles. The number of halogens is 2. The summed E-state index contributed by atoms with van der Waals surface area (Å²) in [5.74, 6) is -0.164. The van der Waals surface area contributed by atoms with Crippen LogP contribution >= 0.6 is 11.6 Å². The van der Waals surface area contributed by atoms with Gasteiger partial charge in [0.1, 0.15) is 12.1 Å². The number of carbonyl (C=O) groups is 2. The SMILES string of the molecule is CC(C)(C(=O)NCC(N)C1CCC(C=O)CC1)c1ccc(F)cc1Cl. The number of nitrogens with one attached hydrogen (secondary N) is 1. The Hall–Kier alpha value is -1.46. The average Bonchev–Trinajstić information content (AvgIpc) is 2.59. The zero-order valence-electron chi connectivity index (χ0n) is 14.7. The number of amides is 1. The van der Waals surface area contributed by atoms with E-state index in [9.17, 15) is 14.0 Å². The van der Waals surface area contributed by atoms with Crippen LogP contribution in [-0.4, -0.2) is 24.8 Å². The quantitative estimate of drug-likeness (QED) is 0.757. The molecule has 1 aromatic rings. The van der Waals surface area contributed by atoms with E-state index < -0.39 is 11.2 Å². The lowest BCUT2D eigenvalue weighted by molar-refractivity contribution is -0.125. The van der Waals surface area contributed by atoms with Crippen LogP contribution in [0.3, 0.4) is 0 Å². The van der Waals surface area contributed by atoms with Gasteiger partial charge in [-0.1, -0.05) is 17.7 Å². The first kappa shape index (κ1) is 19.9. The minimum atomic E-state index is -0.889. The van der Waals surface area contributed by atoms with Crippen molar-refractivity contribution in [3.05, 3.63) is 34.6 Å². The third kappa shape index (κ3) is 4.79. The van der Waals surface area contributed by atoms with E-state index in [1.807, 2.05) is 0 Å². The number of aldehydes is 1. The molecule has 1 amide bonds. The smallest absolute Gasteiger partial charge is 0.230 e. The molecule has 0 aliphatic heterocycles. The maximum Gasteiger partial charge on any atom is 0.230 e. The van der Waals surface area contributed by atoms with Gasteiger partial charge in [0.2, 0.25) is 5.91 Å². The van der Waals surface area contributed by atoms with Gasteiger partial charge in [0.25, 0.3) is 0 Å². The Kier molecular flexibility index (Phi) is 6.58. The number of hydrogen-bond donors (Lipinski definition) is 2. The number of carbonyl (C=O) groups excluding carboxylic acids is 2. The van der Waals surface area contributed by atoms with Crippen molar-refractivity contribution in [1.82, 2.24) is 5.32 Å². The molecule has 0 saturated heterocycles. The van der Waals surface area contributed by atoms with Gasteiger partial charge in [0.05, 0.1) is 5.41 Å². The van der Waals surface area contributed by atoms with Gasteiger partial charge in [-0.2, -0.15) is 0 Å². The van der Waals surface area contributed by atoms with Gasteiger partial charge in [0, 0.05) is 23.5 Å². The van der Waals surface area contributed by atoms with Gasteiger partial charge < -0.3 is 15.8 Å². The molecule has 3 N–H and O–H groups in total. The van der Waals surface area contributed by atoms with Crippen molar-refractivity contribution in [2.45, 2.75) is 51.0 Å². The van der Waals surface area contributed by atoms with Crippen molar-refractivity contribution in [3.8, 4) is 0 Å². The van der Waals surface area contributed by atoms with E-state index in [1.54, 1.807) is 13.8 Å². The molecule has 4 nitrogen and oxygen atoms in total. The van der Waals surface area contributed by atoms with Gasteiger partial charge in [-0.05, 0) is 63.1 Å². The molecule has 0 heterocycles. The summed E-state index contributed by atoms with van der Waals surface area (Å²) in [6, 6.07) is 3.91. The molecule has 0 radical (unpaired) electrons. The van der Waals surface area contributed by atoms with Crippen molar-refractivity contribution in [2.75, 3.05) is 6.54 Å². The highest BCUT2D eigenvalue weighted by atomic mass is 35.5. The number of nitrogens with two attached hydrogens (primary N) is 1. The maximum absolute atomic E-state index is 13.2. The van der Waals surface area contributed by atoms with Crippen LogP contribution in [0.25, 0.3) is 0 Å². The summed E-state index contributed by atoms with van der Waals surface area (Å²) in [5.41, 5.74) is 5.92. The molecule has 1 aliphatic rings. The lowest BCUT2D eigenvalue weighted by Gasteiger charge is -2.31. The largest absolute Gasteiger partial charge is 0.354 e. The summed E-state index contributed by atoms with van der Waals surface area (Å²) < 4.78 is 13.2. The maximum atomic E-state index is 13.2. The highest BCUT2D eigenvalue weighted by Crippen LogP contribution is 2.31. The molecule has 1 atom stereocenters. The summed E-state index contributed by atoms with van der Waals surface area (Å²) in [7, 11) is 0. The Morgan fingerprint density at radius 1 is 1.40 bits per heavy atom. The molecule has 1 saturated carbocycles. The molecule has 25 heavy (non-hydrogen) atoms. The monoisotopic (exact) mass is 368 g/mol. The molecular weight excluding hydrogens is 343 g/mol. The highest BCUT2D eigenvalue weighted by Gasteiger charge is 2.33. The Bertz CT molecular complexity index is 628. The van der Waals surface area contributed by atoms with Crippen LogP contribution in [0.1, 0.15) is 45.1 Å². The first-order chi connectivity index (χ1) is 11.8. The van der Waals surface area contributed by atoms with E-state index in [0.717, 1.165) is 32.0 Å². The summed E-state index contributed by atoms with van der Waals surface area (Å²) in [6.45, 7) is 3.88. The second kappa shape index (κ2) is 8.28. The Balaban J connectivity index is 1.93. The van der Waals surface area contributed by atoms with Crippen LogP contribution in [0.5, 0.6) is 0 Å². The molecule has 2 rings (SSSR count). The fraction of sp³-hybridized carbons (Fsp3) is 0.579. The third-order valence-corrected chi connectivity index (χ3v) is 5.60. The Morgan fingerprint density at radius 3 is 2.60 bits per heavy atom. The first-order valence-corrected chi connectivity index (χ1v) is 9.08. The third-order valence-electron chi connectivity index (χ3n) is 5.28. The molecule has 138 valence electrons. The van der Waals surface area contributed by atoms with E-state index in [4.69, 9.17) is 17.3 Å². The van der Waals surface area contributed by atoms with E-state index in [0.29, 0.717) is 18.0 Å². The minimum Gasteiger partial charge on any atom is -0.354 e. The fourth-order valence-electron chi connectivity index (χ4n) is 3.43. The average molecular weight is 369 g/mol. The molecule has 1 aliphatic carbocycles. The van der Waals surface area contributed by atoms with Gasteiger partial charge in [-0.15, -0.1) is 0 Å². The highest BCUT2D eigenvalue weighted by molar-refractivity contribution is 6.31. The van der Waals surface area contributed by atoms with Crippen LogP contribution in [0.2, 0.25) is 5.02 Å². The molecule has 1 fully saturated rings. The van der Waals surface area contributed by atoms with Crippen molar-refractivity contribution < 1.29 is 14.0 Å². The van der Waals surface area contributed by atoms with Gasteiger partial charge in [-0.25, -0.2) is 4.39 Å². The zero-order valence-corrected chi connectivity index (χ0v) is 15.5. The summed E-state index contributed by atoms with van der Waals surface area (Å²) in [4.78, 5) is 23.4. The summed E-state index contributed by atoms with van der Waals surface area (Å²) >= 11 is 6.10. The standard InChI is InChI=1S/C19H26ClFN2O2/c1-19(2,15-8-7-14(21)9-16(15)20)18(25)23-10-17(22)13-5-3-12(11-24)4-6-13/h7-9,11-13,17H,3-6,10,22H2,1-2H3,(H,23,25). The Morgan fingerprint density at radius 2 is 2.04 bits per heavy atom. The minimum absolute atomic E-state index is 0.143. The van der Waals surface area contributed by atoms with Crippen LogP contribution < -0.4 is 11.1 Å². The van der Waals surface area contributed by atoms with Crippen LogP contribution in [0, 0.1) is 17.7 Å². The van der Waals surface area contributed by atoms with E-state index >= 15 is 0 Å². The molecule has 0 spiro atoms. The second-order valence-electron chi connectivity index (χ2n) is 7.43. The van der Waals surface area contributed by atoms with Crippen molar-refractivity contribution in [2.24, 2.45) is 17.6 Å². The molecule has 6 heteroatoms. The van der Waals surface area contributed by atoms with Crippen molar-refractivity contribution in [1.29, 1.82) is 0 Å². The van der Waals surface area contributed by atoms with Crippen molar-refractivity contribution >= 4 is 23.8 Å². The van der Waals surface area contributed by atoms with E-state index in [-0.39, 0.29) is 22.9 Å². The predicted octanol–water partition coefficient (Wildman–Crippen LogP) is 3.21. The molecule has 1 unspecified atom stereocenters. The van der Waals surface area contributed by atoms with Crippen LogP contribution in [0.15, 0.2) is 18.2 Å². The van der Waals surface area contributed by atoms with Gasteiger partial charge in [-0.3, -0.25) is 4.79 Å². The van der Waals surface area contributed by atoms with Gasteiger partial charge in [0.15, 0.2) is 0 Å². The van der Waals surface area contributed by atoms with Gasteiger partial charge >= 0.3 is 0 Å². The number of rotatable bonds is 6. The van der Waals surface area contributed by atoms with Crippen molar-refractivity contribution in [3.63, 3.8) is 0 Å². The molecule has 0 bridgehead atoms. The lowest BCUT2D eigenvalue weighted by Crippen LogP contribution is -2.48. The van der Waals surface area contributed by atoms with E-state index in [2.05, 4.69) is 5.32 Å². The normalized spacial score (nSPS) is 22.3. The summed E-state index contributed by atoms with van der Waals surface area (Å²) in [5, 5.41) is 3.13.